The molecule has 0 saturated carbocycles. The van der Waals surface area contributed by atoms with Crippen LogP contribution >= 0.6 is 11.8 Å². The van der Waals surface area contributed by atoms with Crippen LogP contribution in [0.5, 0.6) is 0 Å². The summed E-state index contributed by atoms with van der Waals surface area (Å²) in [5.41, 5.74) is 1.28. The predicted molar refractivity (Wildman–Crippen MR) is 84.5 cm³/mol. The van der Waals surface area contributed by atoms with Crippen LogP contribution in [0, 0.1) is 6.92 Å². The standard InChI is InChI=1S/C16H21N3OS/c1-11-3-5-14(6-4-11)21-10-15-18-16(20-19-15)13-7-8-17-12(2)9-13/h3-6,12-13,17H,7-10H2,1-2H3. The molecule has 2 unspecified atom stereocenters. The number of piperidine rings is 1. The van der Waals surface area contributed by atoms with Gasteiger partial charge in [0.05, 0.1) is 5.75 Å². The van der Waals surface area contributed by atoms with Crippen molar-refractivity contribution < 1.29 is 4.52 Å². The average Bonchev–Trinajstić information content (AvgIpc) is 2.96. The van der Waals surface area contributed by atoms with E-state index in [1.165, 1.54) is 10.5 Å². The number of nitrogens with one attached hydrogen (secondary N) is 1. The van der Waals surface area contributed by atoms with Crippen molar-refractivity contribution in [2.75, 3.05) is 6.54 Å². The quantitative estimate of drug-likeness (QED) is 0.876. The zero-order chi connectivity index (χ0) is 14.7. The van der Waals surface area contributed by atoms with Crippen LogP contribution in [-0.4, -0.2) is 22.7 Å². The molecule has 2 heterocycles. The summed E-state index contributed by atoms with van der Waals surface area (Å²) in [5.74, 6) is 2.77. The van der Waals surface area contributed by atoms with Gasteiger partial charge in [-0.05, 0) is 45.4 Å². The minimum Gasteiger partial charge on any atom is -0.339 e. The van der Waals surface area contributed by atoms with Crippen LogP contribution in [0.4, 0.5) is 0 Å². The Bertz CT molecular complexity index is 581. The highest BCUT2D eigenvalue weighted by Gasteiger charge is 2.24. The van der Waals surface area contributed by atoms with Crippen molar-refractivity contribution >= 4 is 11.8 Å². The second kappa shape index (κ2) is 6.62. The molecule has 5 heteroatoms. The Balaban J connectivity index is 1.58. The SMILES string of the molecule is Cc1ccc(SCc2noc(C3CCNC(C)C3)n2)cc1. The third-order valence-corrected chi connectivity index (χ3v) is 4.85. The Morgan fingerprint density at radius 1 is 1.33 bits per heavy atom. The molecule has 1 aromatic heterocycles. The largest absolute Gasteiger partial charge is 0.339 e. The maximum Gasteiger partial charge on any atom is 0.229 e. The van der Waals surface area contributed by atoms with Crippen molar-refractivity contribution in [3.05, 3.63) is 41.5 Å². The van der Waals surface area contributed by atoms with Crippen LogP contribution in [0.25, 0.3) is 0 Å². The second-order valence-electron chi connectivity index (χ2n) is 5.73. The molecule has 1 aromatic carbocycles. The van der Waals surface area contributed by atoms with Crippen molar-refractivity contribution in [2.24, 2.45) is 0 Å². The molecule has 2 aromatic rings. The number of rotatable bonds is 4. The summed E-state index contributed by atoms with van der Waals surface area (Å²) < 4.78 is 5.46. The van der Waals surface area contributed by atoms with Gasteiger partial charge in [0, 0.05) is 16.9 Å². The van der Waals surface area contributed by atoms with Crippen molar-refractivity contribution in [2.45, 2.75) is 49.3 Å². The first-order valence-electron chi connectivity index (χ1n) is 7.46. The van der Waals surface area contributed by atoms with E-state index in [0.29, 0.717) is 12.0 Å². The minimum absolute atomic E-state index is 0.409. The van der Waals surface area contributed by atoms with E-state index in [9.17, 15) is 0 Å². The molecule has 0 radical (unpaired) electrons. The topological polar surface area (TPSA) is 51.0 Å². The average molecular weight is 303 g/mol. The van der Waals surface area contributed by atoms with E-state index in [4.69, 9.17) is 4.52 Å². The van der Waals surface area contributed by atoms with Gasteiger partial charge in [-0.3, -0.25) is 0 Å². The molecule has 21 heavy (non-hydrogen) atoms. The Labute approximate surface area is 129 Å². The van der Waals surface area contributed by atoms with E-state index >= 15 is 0 Å². The van der Waals surface area contributed by atoms with Crippen LogP contribution in [-0.2, 0) is 5.75 Å². The summed E-state index contributed by atoms with van der Waals surface area (Å²) in [7, 11) is 0. The Morgan fingerprint density at radius 3 is 2.90 bits per heavy atom. The summed E-state index contributed by atoms with van der Waals surface area (Å²) >= 11 is 1.75. The second-order valence-corrected chi connectivity index (χ2v) is 6.78. The van der Waals surface area contributed by atoms with E-state index in [0.717, 1.165) is 36.9 Å². The van der Waals surface area contributed by atoms with Crippen LogP contribution in [0.15, 0.2) is 33.7 Å². The van der Waals surface area contributed by atoms with E-state index in [-0.39, 0.29) is 0 Å². The van der Waals surface area contributed by atoms with Crippen molar-refractivity contribution in [3.8, 4) is 0 Å². The van der Waals surface area contributed by atoms with Gasteiger partial charge in [0.15, 0.2) is 5.82 Å². The number of nitrogens with zero attached hydrogens (tertiary/aromatic N) is 2. The van der Waals surface area contributed by atoms with Gasteiger partial charge in [0.25, 0.3) is 0 Å². The highest BCUT2D eigenvalue weighted by Crippen LogP contribution is 2.27. The maximum absolute atomic E-state index is 5.46. The van der Waals surface area contributed by atoms with Crippen LogP contribution in [0.2, 0.25) is 0 Å². The first-order chi connectivity index (χ1) is 10.2. The molecule has 1 fully saturated rings. The summed E-state index contributed by atoms with van der Waals surface area (Å²) in [6, 6.07) is 9.05. The molecule has 1 aliphatic heterocycles. The lowest BCUT2D eigenvalue weighted by Crippen LogP contribution is -2.34. The first-order valence-corrected chi connectivity index (χ1v) is 8.44. The van der Waals surface area contributed by atoms with Gasteiger partial charge in [0.2, 0.25) is 5.89 Å². The number of aromatic nitrogens is 2. The van der Waals surface area contributed by atoms with Gasteiger partial charge in [-0.15, -0.1) is 11.8 Å². The number of aryl methyl sites for hydroxylation is 1. The molecule has 4 nitrogen and oxygen atoms in total. The number of hydrogen-bond donors (Lipinski definition) is 1. The molecule has 0 amide bonds. The van der Waals surface area contributed by atoms with E-state index in [2.05, 4.69) is 53.6 Å². The fourth-order valence-electron chi connectivity index (χ4n) is 2.63. The molecular weight excluding hydrogens is 282 g/mol. The maximum atomic E-state index is 5.46. The Morgan fingerprint density at radius 2 is 2.14 bits per heavy atom. The van der Waals surface area contributed by atoms with E-state index in [1.54, 1.807) is 11.8 Å². The highest BCUT2D eigenvalue weighted by atomic mass is 32.2. The zero-order valence-electron chi connectivity index (χ0n) is 12.5. The zero-order valence-corrected chi connectivity index (χ0v) is 13.3. The van der Waals surface area contributed by atoms with Gasteiger partial charge in [-0.1, -0.05) is 22.9 Å². The molecule has 112 valence electrons. The fraction of sp³-hybridized carbons (Fsp3) is 0.500. The molecule has 1 saturated heterocycles. The summed E-state index contributed by atoms with van der Waals surface area (Å²) in [4.78, 5) is 5.81. The van der Waals surface area contributed by atoms with E-state index in [1.807, 2.05) is 0 Å². The molecule has 0 bridgehead atoms. The predicted octanol–water partition coefficient (Wildman–Crippen LogP) is 3.53. The lowest BCUT2D eigenvalue weighted by Gasteiger charge is -2.25. The van der Waals surface area contributed by atoms with Gasteiger partial charge >= 0.3 is 0 Å². The monoisotopic (exact) mass is 303 g/mol. The number of benzene rings is 1. The van der Waals surface area contributed by atoms with E-state index < -0.39 is 0 Å². The molecule has 0 aliphatic carbocycles. The summed E-state index contributed by atoms with van der Waals surface area (Å²) in [6.07, 6.45) is 2.16. The smallest absolute Gasteiger partial charge is 0.229 e. The van der Waals surface area contributed by atoms with Crippen LogP contribution in [0.3, 0.4) is 0 Å². The normalized spacial score (nSPS) is 22.4. The van der Waals surface area contributed by atoms with Crippen LogP contribution < -0.4 is 5.32 Å². The third kappa shape index (κ3) is 3.86. The van der Waals surface area contributed by atoms with Gasteiger partial charge < -0.3 is 9.84 Å². The molecule has 2 atom stereocenters. The van der Waals surface area contributed by atoms with Gasteiger partial charge in [0.1, 0.15) is 0 Å². The molecule has 3 rings (SSSR count). The van der Waals surface area contributed by atoms with Gasteiger partial charge in [-0.2, -0.15) is 4.98 Å². The highest BCUT2D eigenvalue weighted by molar-refractivity contribution is 7.98. The molecule has 0 spiro atoms. The molecule has 1 N–H and O–H groups in total. The number of thioether (sulfide) groups is 1. The Hall–Kier alpha value is -1.33. The molecule has 1 aliphatic rings. The minimum atomic E-state index is 0.409. The summed E-state index contributed by atoms with van der Waals surface area (Å²) in [6.45, 7) is 5.33. The lowest BCUT2D eigenvalue weighted by atomic mass is 9.93. The van der Waals surface area contributed by atoms with Crippen molar-refractivity contribution in [1.29, 1.82) is 0 Å². The van der Waals surface area contributed by atoms with Crippen LogP contribution in [0.1, 0.15) is 43.0 Å². The van der Waals surface area contributed by atoms with Crippen molar-refractivity contribution in [3.63, 3.8) is 0 Å². The van der Waals surface area contributed by atoms with Gasteiger partial charge in [-0.25, -0.2) is 0 Å². The van der Waals surface area contributed by atoms with Crippen molar-refractivity contribution in [1.82, 2.24) is 15.5 Å². The summed E-state index contributed by atoms with van der Waals surface area (Å²) in [5, 5.41) is 7.57. The lowest BCUT2D eigenvalue weighted by molar-refractivity contribution is 0.294. The third-order valence-electron chi connectivity index (χ3n) is 3.85. The first kappa shape index (κ1) is 14.6. The molecular formula is C16H21N3OS. The fourth-order valence-corrected chi connectivity index (χ4v) is 3.37. The Kier molecular flexibility index (Phi) is 4.60. The number of hydrogen-bond acceptors (Lipinski definition) is 5.